The molecule has 184 valence electrons. The van der Waals surface area contributed by atoms with Gasteiger partial charge in [-0.1, -0.05) is 42.5 Å². The van der Waals surface area contributed by atoms with E-state index in [2.05, 4.69) is 58.3 Å². The minimum atomic E-state index is -0.0837. The van der Waals surface area contributed by atoms with Gasteiger partial charge in [0.05, 0.1) is 16.7 Å². The largest absolute Gasteiger partial charge is 0.372 e. The van der Waals surface area contributed by atoms with Gasteiger partial charge in [0.1, 0.15) is 5.82 Å². The standard InChI is InChI=1S/C28H30N6OS/c1-5-33(6-2)22-14-12-21(13-15-22)26-24-25(20-10-8-7-9-11-20)32-34(27(24)31-23(35)17-36-26)28-29-18(3)16-19(4)30-28/h7-16,26H,5-6,17H2,1-4H3,(H,31,35)/t26-/m0/s1. The van der Waals surface area contributed by atoms with Crippen LogP contribution in [0.15, 0.2) is 60.7 Å². The van der Waals surface area contributed by atoms with Crippen LogP contribution in [0.1, 0.15) is 41.6 Å². The number of nitrogens with one attached hydrogen (secondary N) is 1. The minimum absolute atomic E-state index is 0.0614. The van der Waals surface area contributed by atoms with Crippen molar-refractivity contribution in [1.82, 2.24) is 19.7 Å². The van der Waals surface area contributed by atoms with Crippen molar-refractivity contribution in [3.8, 4) is 17.2 Å². The summed E-state index contributed by atoms with van der Waals surface area (Å²) in [4.78, 5) is 24.5. The maximum absolute atomic E-state index is 12.9. The number of rotatable bonds is 6. The van der Waals surface area contributed by atoms with Crippen LogP contribution in [0.5, 0.6) is 0 Å². The Labute approximate surface area is 216 Å². The SMILES string of the molecule is CCN(CC)c1ccc([C@@H]2SCC(=O)Nc3c2c(-c2ccccc2)nn3-c2nc(C)cc(C)n2)cc1. The van der Waals surface area contributed by atoms with Crippen molar-refractivity contribution in [3.05, 3.63) is 83.2 Å². The van der Waals surface area contributed by atoms with E-state index in [1.54, 1.807) is 16.4 Å². The summed E-state index contributed by atoms with van der Waals surface area (Å²) in [7, 11) is 0. The van der Waals surface area contributed by atoms with Gasteiger partial charge in [-0.3, -0.25) is 4.79 Å². The topological polar surface area (TPSA) is 75.9 Å². The highest BCUT2D eigenvalue weighted by Crippen LogP contribution is 2.46. The van der Waals surface area contributed by atoms with Crippen molar-refractivity contribution in [2.75, 3.05) is 29.1 Å². The monoisotopic (exact) mass is 498 g/mol. The molecule has 0 saturated heterocycles. The van der Waals surface area contributed by atoms with E-state index in [4.69, 9.17) is 5.10 Å². The molecule has 1 amide bonds. The maximum atomic E-state index is 12.9. The number of hydrogen-bond donors (Lipinski definition) is 1. The molecule has 1 atom stereocenters. The number of thioether (sulfide) groups is 1. The number of aromatic nitrogens is 4. The average Bonchev–Trinajstić information content (AvgIpc) is 3.15. The molecule has 2 aromatic heterocycles. The Balaban J connectivity index is 1.71. The molecule has 8 heteroatoms. The zero-order chi connectivity index (χ0) is 25.2. The van der Waals surface area contributed by atoms with Gasteiger partial charge in [0.2, 0.25) is 5.91 Å². The summed E-state index contributed by atoms with van der Waals surface area (Å²) in [5, 5.41) is 8.03. The Bertz CT molecular complexity index is 1360. The zero-order valence-corrected chi connectivity index (χ0v) is 21.8. The number of anilines is 2. The lowest BCUT2D eigenvalue weighted by atomic mass is 9.99. The maximum Gasteiger partial charge on any atom is 0.252 e. The molecule has 0 aliphatic carbocycles. The highest BCUT2D eigenvalue weighted by molar-refractivity contribution is 8.00. The molecule has 0 unspecified atom stereocenters. The third kappa shape index (κ3) is 4.60. The number of nitrogens with zero attached hydrogens (tertiary/aromatic N) is 5. The lowest BCUT2D eigenvalue weighted by Crippen LogP contribution is -2.21. The van der Waals surface area contributed by atoms with E-state index in [0.29, 0.717) is 17.5 Å². The van der Waals surface area contributed by atoms with Crippen molar-refractivity contribution >= 4 is 29.2 Å². The van der Waals surface area contributed by atoms with E-state index in [1.807, 2.05) is 50.2 Å². The van der Waals surface area contributed by atoms with Crippen LogP contribution in [0.2, 0.25) is 0 Å². The van der Waals surface area contributed by atoms with Crippen LogP contribution in [-0.4, -0.2) is 44.5 Å². The van der Waals surface area contributed by atoms with Gasteiger partial charge in [0.15, 0.2) is 0 Å². The Morgan fingerprint density at radius 2 is 1.67 bits per heavy atom. The number of benzene rings is 2. The molecule has 1 aliphatic heterocycles. The van der Waals surface area contributed by atoms with E-state index >= 15 is 0 Å². The first-order valence-electron chi connectivity index (χ1n) is 12.3. The second-order valence-corrected chi connectivity index (χ2v) is 9.94. The van der Waals surface area contributed by atoms with Gasteiger partial charge in [-0.25, -0.2) is 9.97 Å². The first-order chi connectivity index (χ1) is 17.5. The van der Waals surface area contributed by atoms with Crippen LogP contribution in [0.4, 0.5) is 11.5 Å². The van der Waals surface area contributed by atoms with Crippen molar-refractivity contribution in [3.63, 3.8) is 0 Å². The fourth-order valence-corrected chi connectivity index (χ4v) is 5.81. The summed E-state index contributed by atoms with van der Waals surface area (Å²) in [6.45, 7) is 10.1. The van der Waals surface area contributed by atoms with Crippen molar-refractivity contribution in [2.45, 2.75) is 32.9 Å². The number of amides is 1. The number of carbonyl (C=O) groups excluding carboxylic acids is 1. The summed E-state index contributed by atoms with van der Waals surface area (Å²) in [6.07, 6.45) is 0. The summed E-state index contributed by atoms with van der Waals surface area (Å²) in [5.41, 5.74) is 6.79. The summed E-state index contributed by atoms with van der Waals surface area (Å²) < 4.78 is 1.69. The second-order valence-electron chi connectivity index (χ2n) is 8.84. The summed E-state index contributed by atoms with van der Waals surface area (Å²) in [6, 6.07) is 20.7. The third-order valence-electron chi connectivity index (χ3n) is 6.35. The number of carbonyl (C=O) groups is 1. The molecule has 36 heavy (non-hydrogen) atoms. The van der Waals surface area contributed by atoms with Crippen LogP contribution in [0.3, 0.4) is 0 Å². The van der Waals surface area contributed by atoms with E-state index in [0.717, 1.165) is 46.9 Å². The molecular weight excluding hydrogens is 468 g/mol. The molecule has 0 saturated carbocycles. The Hall–Kier alpha value is -3.65. The Morgan fingerprint density at radius 3 is 2.31 bits per heavy atom. The normalized spacial score (nSPS) is 15.2. The Kier molecular flexibility index (Phi) is 6.78. The molecule has 2 aromatic carbocycles. The van der Waals surface area contributed by atoms with Gasteiger partial charge < -0.3 is 10.2 Å². The molecule has 0 spiro atoms. The van der Waals surface area contributed by atoms with Crippen LogP contribution in [0.25, 0.3) is 17.2 Å². The van der Waals surface area contributed by atoms with Gasteiger partial charge in [0.25, 0.3) is 5.95 Å². The van der Waals surface area contributed by atoms with Crippen molar-refractivity contribution < 1.29 is 4.79 Å². The lowest BCUT2D eigenvalue weighted by Gasteiger charge is -2.22. The minimum Gasteiger partial charge on any atom is -0.372 e. The molecule has 5 rings (SSSR count). The zero-order valence-electron chi connectivity index (χ0n) is 21.0. The molecule has 7 nitrogen and oxygen atoms in total. The van der Waals surface area contributed by atoms with E-state index in [1.165, 1.54) is 5.69 Å². The first-order valence-corrected chi connectivity index (χ1v) is 13.3. The molecule has 0 bridgehead atoms. The van der Waals surface area contributed by atoms with Crippen LogP contribution in [-0.2, 0) is 4.79 Å². The summed E-state index contributed by atoms with van der Waals surface area (Å²) >= 11 is 1.62. The van der Waals surface area contributed by atoms with Gasteiger partial charge in [-0.2, -0.15) is 9.78 Å². The van der Waals surface area contributed by atoms with E-state index in [9.17, 15) is 4.79 Å². The van der Waals surface area contributed by atoms with E-state index in [-0.39, 0.29) is 11.2 Å². The Morgan fingerprint density at radius 1 is 1.00 bits per heavy atom. The number of fused-ring (bicyclic) bond motifs is 1. The number of aryl methyl sites for hydroxylation is 2. The highest BCUT2D eigenvalue weighted by Gasteiger charge is 2.33. The molecule has 1 N–H and O–H groups in total. The lowest BCUT2D eigenvalue weighted by molar-refractivity contribution is -0.113. The highest BCUT2D eigenvalue weighted by atomic mass is 32.2. The van der Waals surface area contributed by atoms with E-state index < -0.39 is 0 Å². The predicted molar refractivity (Wildman–Crippen MR) is 147 cm³/mol. The summed E-state index contributed by atoms with van der Waals surface area (Å²) in [5.74, 6) is 1.37. The van der Waals surface area contributed by atoms with Crippen LogP contribution >= 0.6 is 11.8 Å². The fraction of sp³-hybridized carbons (Fsp3) is 0.286. The second kappa shape index (κ2) is 10.1. The fourth-order valence-electron chi connectivity index (χ4n) is 4.68. The van der Waals surface area contributed by atoms with Crippen molar-refractivity contribution in [1.29, 1.82) is 0 Å². The van der Waals surface area contributed by atoms with Gasteiger partial charge in [-0.05, 0) is 51.5 Å². The third-order valence-corrected chi connectivity index (χ3v) is 7.62. The van der Waals surface area contributed by atoms with Gasteiger partial charge >= 0.3 is 0 Å². The van der Waals surface area contributed by atoms with Gasteiger partial charge in [0, 0.05) is 41.3 Å². The molecule has 1 aliphatic rings. The smallest absolute Gasteiger partial charge is 0.252 e. The average molecular weight is 499 g/mol. The van der Waals surface area contributed by atoms with Crippen LogP contribution < -0.4 is 10.2 Å². The first kappa shape index (κ1) is 24.1. The van der Waals surface area contributed by atoms with Gasteiger partial charge in [-0.15, -0.1) is 11.8 Å². The van der Waals surface area contributed by atoms with Crippen molar-refractivity contribution in [2.24, 2.45) is 0 Å². The quantitative estimate of drug-likeness (QED) is 0.375. The number of hydrogen-bond acceptors (Lipinski definition) is 6. The molecular formula is C28H30N6OS. The predicted octanol–water partition coefficient (Wildman–Crippen LogP) is 5.57. The molecule has 4 aromatic rings. The molecule has 3 heterocycles. The van der Waals surface area contributed by atoms with Crippen LogP contribution in [0, 0.1) is 13.8 Å². The molecule has 0 radical (unpaired) electrons. The molecule has 0 fully saturated rings.